The van der Waals surface area contributed by atoms with E-state index in [0.717, 1.165) is 25.1 Å². The Bertz CT molecular complexity index is 526. The Morgan fingerprint density at radius 3 is 3.31 bits per heavy atom. The molecule has 79 valence electrons. The lowest BCUT2D eigenvalue weighted by Crippen LogP contribution is -2.36. The molecule has 1 aromatic rings. The van der Waals surface area contributed by atoms with Crippen molar-refractivity contribution in [2.24, 2.45) is 0 Å². The van der Waals surface area contributed by atoms with Crippen LogP contribution in [0, 0.1) is 0 Å². The van der Waals surface area contributed by atoms with Gasteiger partial charge in [0.1, 0.15) is 0 Å². The van der Waals surface area contributed by atoms with E-state index in [1.165, 1.54) is 22.3 Å². The van der Waals surface area contributed by atoms with Gasteiger partial charge in [0.05, 0.1) is 5.69 Å². The molecule has 0 unspecified atom stereocenters. The van der Waals surface area contributed by atoms with Gasteiger partial charge in [0.25, 0.3) is 0 Å². The van der Waals surface area contributed by atoms with Crippen LogP contribution in [0.25, 0.3) is 11.1 Å². The first-order valence-corrected chi connectivity index (χ1v) is 5.90. The third-order valence-electron chi connectivity index (χ3n) is 3.73. The Balaban J connectivity index is 2.00. The molecule has 1 atom stereocenters. The maximum atomic E-state index is 4.49. The molecule has 2 heteroatoms. The van der Waals surface area contributed by atoms with E-state index in [9.17, 15) is 0 Å². The monoisotopic (exact) mass is 209 g/mol. The zero-order valence-corrected chi connectivity index (χ0v) is 9.03. The molecule has 0 aromatic heterocycles. The van der Waals surface area contributed by atoms with Crippen LogP contribution < -0.4 is 10.6 Å². The van der Waals surface area contributed by atoms with Gasteiger partial charge < -0.3 is 5.32 Å². The minimum absolute atomic E-state index is 0.510. The molecule has 4 rings (SSSR count). The number of hydrogen-bond acceptors (Lipinski definition) is 1. The summed E-state index contributed by atoms with van der Waals surface area (Å²) in [6.07, 6.45) is 6.68. The zero-order valence-electron chi connectivity index (χ0n) is 9.03. The molecular weight excluding hydrogens is 196 g/mol. The van der Waals surface area contributed by atoms with Crippen molar-refractivity contribution in [2.45, 2.75) is 18.9 Å². The average molecular weight is 209 g/mol. The van der Waals surface area contributed by atoms with Crippen LogP contribution in [0.15, 0.2) is 30.5 Å². The number of fused-ring (bicyclic) bond motifs is 2. The Hall–Kier alpha value is -1.54. The highest BCUT2D eigenvalue weighted by Gasteiger charge is 2.32. The van der Waals surface area contributed by atoms with Crippen molar-refractivity contribution in [3.8, 4) is 0 Å². The van der Waals surface area contributed by atoms with Gasteiger partial charge >= 0.3 is 0 Å². The predicted molar refractivity (Wildman–Crippen MR) is 65.2 cm³/mol. The van der Waals surface area contributed by atoms with E-state index in [4.69, 9.17) is 0 Å². The Morgan fingerprint density at radius 2 is 2.31 bits per heavy atom. The summed E-state index contributed by atoms with van der Waals surface area (Å²) in [4.78, 5) is 0. The lowest BCUT2D eigenvalue weighted by molar-refractivity contribution is 0.595. The number of nitrogens with one attached hydrogen (secondary N) is 1. The van der Waals surface area contributed by atoms with Gasteiger partial charge in [-0.05, 0) is 42.2 Å². The normalized spacial score (nSPS) is 25.1. The fourth-order valence-electron chi connectivity index (χ4n) is 3.03. The summed E-state index contributed by atoms with van der Waals surface area (Å²) in [5, 5.41) is 8.09. The highest BCUT2D eigenvalue weighted by molar-refractivity contribution is 5.93. The molecule has 0 amide bonds. The molecule has 1 radical (unpaired) electrons. The SMILES string of the molecule is C1=C2C[C@H]3NCCC=C3c3cccc(c32)[N]1. The minimum Gasteiger partial charge on any atom is -0.309 e. The van der Waals surface area contributed by atoms with E-state index >= 15 is 0 Å². The molecular formula is C14H13N2. The summed E-state index contributed by atoms with van der Waals surface area (Å²) < 4.78 is 0. The maximum absolute atomic E-state index is 4.49. The van der Waals surface area contributed by atoms with Crippen LogP contribution in [0.5, 0.6) is 0 Å². The highest BCUT2D eigenvalue weighted by Crippen LogP contribution is 2.45. The molecule has 1 aliphatic carbocycles. The van der Waals surface area contributed by atoms with E-state index in [1.54, 1.807) is 0 Å². The molecule has 3 aliphatic rings. The van der Waals surface area contributed by atoms with Crippen molar-refractivity contribution in [3.63, 3.8) is 0 Å². The third kappa shape index (κ3) is 1.000. The Kier molecular flexibility index (Phi) is 1.60. The molecule has 2 heterocycles. The smallest absolute Gasteiger partial charge is 0.0711 e. The van der Waals surface area contributed by atoms with Gasteiger partial charge in [0.15, 0.2) is 0 Å². The lowest BCUT2D eigenvalue weighted by atomic mass is 9.79. The summed E-state index contributed by atoms with van der Waals surface area (Å²) in [7, 11) is 0. The van der Waals surface area contributed by atoms with Gasteiger partial charge in [0, 0.05) is 17.8 Å². The molecule has 0 spiro atoms. The van der Waals surface area contributed by atoms with Gasteiger partial charge in [-0.3, -0.25) is 5.32 Å². The van der Waals surface area contributed by atoms with Crippen LogP contribution >= 0.6 is 0 Å². The van der Waals surface area contributed by atoms with Crippen LogP contribution in [0.2, 0.25) is 0 Å². The molecule has 0 fully saturated rings. The lowest BCUT2D eigenvalue weighted by Gasteiger charge is -2.32. The fourth-order valence-corrected chi connectivity index (χ4v) is 3.03. The molecule has 0 bridgehead atoms. The maximum Gasteiger partial charge on any atom is 0.0711 e. The number of hydrogen-bond donors (Lipinski definition) is 1. The molecule has 1 N–H and O–H groups in total. The molecule has 1 aromatic carbocycles. The first-order valence-electron chi connectivity index (χ1n) is 5.90. The van der Waals surface area contributed by atoms with Crippen LogP contribution in [-0.2, 0) is 0 Å². The highest BCUT2D eigenvalue weighted by atomic mass is 14.9. The van der Waals surface area contributed by atoms with Gasteiger partial charge in [-0.25, -0.2) is 0 Å². The summed E-state index contributed by atoms with van der Waals surface area (Å²) in [6.45, 7) is 1.10. The van der Waals surface area contributed by atoms with Crippen LogP contribution in [0.4, 0.5) is 5.69 Å². The number of nitrogens with zero attached hydrogens (tertiary/aromatic N) is 1. The molecule has 0 saturated carbocycles. The Morgan fingerprint density at radius 1 is 1.31 bits per heavy atom. The van der Waals surface area contributed by atoms with Gasteiger partial charge in [-0.2, -0.15) is 0 Å². The average Bonchev–Trinajstić information content (AvgIpc) is 2.75. The second kappa shape index (κ2) is 2.98. The van der Waals surface area contributed by atoms with Crippen molar-refractivity contribution in [1.29, 1.82) is 0 Å². The summed E-state index contributed by atoms with van der Waals surface area (Å²) >= 11 is 0. The predicted octanol–water partition coefficient (Wildman–Crippen LogP) is 2.43. The van der Waals surface area contributed by atoms with Gasteiger partial charge in [0.2, 0.25) is 0 Å². The summed E-state index contributed by atoms with van der Waals surface area (Å²) in [5.41, 5.74) is 6.82. The van der Waals surface area contributed by atoms with Crippen molar-refractivity contribution in [3.05, 3.63) is 41.6 Å². The van der Waals surface area contributed by atoms with E-state index in [1.807, 2.05) is 6.20 Å². The number of benzene rings is 1. The van der Waals surface area contributed by atoms with Crippen molar-refractivity contribution in [1.82, 2.24) is 10.6 Å². The standard InChI is InChI=1S/C14H13N2/c1-3-11-10-4-2-6-15-13(10)7-9-8-16-12(5-1)14(9)11/h1,3-5,8,13,15H,2,6-7H2/t13-/m1/s1. The van der Waals surface area contributed by atoms with Gasteiger partial charge in [-0.1, -0.05) is 18.2 Å². The quantitative estimate of drug-likeness (QED) is 0.697. The fraction of sp³-hybridized carbons (Fsp3) is 0.286. The first kappa shape index (κ1) is 8.59. The third-order valence-corrected chi connectivity index (χ3v) is 3.73. The van der Waals surface area contributed by atoms with Crippen molar-refractivity contribution < 1.29 is 0 Å². The van der Waals surface area contributed by atoms with Crippen LogP contribution in [0.3, 0.4) is 0 Å². The topological polar surface area (TPSA) is 26.1 Å². The minimum atomic E-state index is 0.510. The zero-order chi connectivity index (χ0) is 10.5. The largest absolute Gasteiger partial charge is 0.309 e. The van der Waals surface area contributed by atoms with Crippen molar-refractivity contribution >= 4 is 16.8 Å². The molecule has 2 aliphatic heterocycles. The van der Waals surface area contributed by atoms with E-state index in [2.05, 4.69) is 34.9 Å². The first-order chi connectivity index (χ1) is 7.93. The second-order valence-electron chi connectivity index (χ2n) is 4.64. The molecule has 0 saturated heterocycles. The van der Waals surface area contributed by atoms with Gasteiger partial charge in [-0.15, -0.1) is 0 Å². The second-order valence-corrected chi connectivity index (χ2v) is 4.64. The van der Waals surface area contributed by atoms with Crippen molar-refractivity contribution in [2.75, 3.05) is 6.54 Å². The van der Waals surface area contributed by atoms with E-state index < -0.39 is 0 Å². The Labute approximate surface area is 95.1 Å². The van der Waals surface area contributed by atoms with E-state index in [0.29, 0.717) is 6.04 Å². The number of rotatable bonds is 0. The molecule has 16 heavy (non-hydrogen) atoms. The van der Waals surface area contributed by atoms with E-state index in [-0.39, 0.29) is 0 Å². The van der Waals surface area contributed by atoms with Crippen LogP contribution in [-0.4, -0.2) is 12.6 Å². The summed E-state index contributed by atoms with van der Waals surface area (Å²) in [6, 6.07) is 6.97. The summed E-state index contributed by atoms with van der Waals surface area (Å²) in [5.74, 6) is 0. The van der Waals surface area contributed by atoms with Crippen LogP contribution in [0.1, 0.15) is 24.0 Å². The molecule has 2 nitrogen and oxygen atoms in total.